The van der Waals surface area contributed by atoms with Gasteiger partial charge in [0.15, 0.2) is 0 Å². The van der Waals surface area contributed by atoms with Crippen molar-refractivity contribution in [3.05, 3.63) is 30.3 Å². The second-order valence-electron chi connectivity index (χ2n) is 2.03. The minimum Gasteiger partial charge on any atom is -0.410 e. The largest absolute Gasteiger partial charge is 0.410 e. The van der Waals surface area contributed by atoms with Gasteiger partial charge in [-0.2, -0.15) is 0 Å². The topological polar surface area (TPSA) is 32.6 Å². The molecular formula is C8H9NOS. The van der Waals surface area contributed by atoms with Gasteiger partial charge >= 0.3 is 0 Å². The molecule has 1 N–H and O–H groups in total. The quantitative estimate of drug-likeness (QED) is 0.229. The smallest absolute Gasteiger partial charge is 0.114 e. The molecule has 1 aromatic carbocycles. The van der Waals surface area contributed by atoms with Crippen LogP contribution in [0, 0.1) is 0 Å². The zero-order chi connectivity index (χ0) is 8.10. The van der Waals surface area contributed by atoms with Crippen molar-refractivity contribution in [1.29, 1.82) is 0 Å². The molecule has 0 aromatic heterocycles. The Kier molecular flexibility index (Phi) is 2.98. The van der Waals surface area contributed by atoms with Gasteiger partial charge < -0.3 is 5.21 Å². The minimum absolute atomic E-state index is 0.649. The highest BCUT2D eigenvalue weighted by atomic mass is 32.2. The number of hydrogen-bond donors (Lipinski definition) is 1. The average molecular weight is 167 g/mol. The second kappa shape index (κ2) is 4.03. The Bertz CT molecular complexity index is 246. The Labute approximate surface area is 69.9 Å². The van der Waals surface area contributed by atoms with Gasteiger partial charge in [0.1, 0.15) is 5.04 Å². The third kappa shape index (κ3) is 2.63. The third-order valence-electron chi connectivity index (χ3n) is 1.15. The Morgan fingerprint density at radius 3 is 2.55 bits per heavy atom. The average Bonchev–Trinajstić information content (AvgIpc) is 2.06. The van der Waals surface area contributed by atoms with Crippen LogP contribution in [0.4, 0.5) is 0 Å². The van der Waals surface area contributed by atoms with Crippen LogP contribution in [0.2, 0.25) is 0 Å². The summed E-state index contributed by atoms with van der Waals surface area (Å²) >= 11 is 1.44. The fraction of sp³-hybridized carbons (Fsp3) is 0.125. The molecule has 0 bridgehead atoms. The highest BCUT2D eigenvalue weighted by Crippen LogP contribution is 2.17. The van der Waals surface area contributed by atoms with Crippen LogP contribution in [-0.2, 0) is 0 Å². The van der Waals surface area contributed by atoms with E-state index in [0.29, 0.717) is 5.04 Å². The Morgan fingerprint density at radius 1 is 1.36 bits per heavy atom. The van der Waals surface area contributed by atoms with E-state index in [9.17, 15) is 0 Å². The number of oxime groups is 1. The van der Waals surface area contributed by atoms with E-state index in [-0.39, 0.29) is 0 Å². The first-order valence-corrected chi connectivity index (χ1v) is 4.06. The normalized spacial score (nSPS) is 11.5. The molecule has 0 saturated heterocycles. The lowest BCUT2D eigenvalue weighted by Crippen LogP contribution is -1.81. The lowest BCUT2D eigenvalue weighted by atomic mass is 10.4. The Morgan fingerprint density at radius 2 is 2.00 bits per heavy atom. The maximum Gasteiger partial charge on any atom is 0.114 e. The summed E-state index contributed by atoms with van der Waals surface area (Å²) in [5, 5.41) is 12.1. The molecule has 0 fully saturated rings. The van der Waals surface area contributed by atoms with Gasteiger partial charge in [-0.05, 0) is 19.1 Å². The zero-order valence-corrected chi connectivity index (χ0v) is 7.01. The SMILES string of the molecule is C/C(=N\O)Sc1ccccc1. The second-order valence-corrected chi connectivity index (χ2v) is 3.30. The van der Waals surface area contributed by atoms with Crippen molar-refractivity contribution < 1.29 is 5.21 Å². The van der Waals surface area contributed by atoms with E-state index < -0.39 is 0 Å². The number of benzene rings is 1. The molecule has 1 aromatic rings. The molecule has 3 heteroatoms. The highest BCUT2D eigenvalue weighted by Gasteiger charge is 1.94. The van der Waals surface area contributed by atoms with Crippen LogP contribution in [0.25, 0.3) is 0 Å². The van der Waals surface area contributed by atoms with E-state index >= 15 is 0 Å². The molecule has 0 amide bonds. The molecule has 0 unspecified atom stereocenters. The first kappa shape index (κ1) is 8.14. The van der Waals surface area contributed by atoms with Crippen molar-refractivity contribution in [3.8, 4) is 0 Å². The molecule has 0 aliphatic heterocycles. The van der Waals surface area contributed by atoms with E-state index in [1.54, 1.807) is 6.92 Å². The van der Waals surface area contributed by atoms with Crippen LogP contribution in [0.15, 0.2) is 40.4 Å². The standard InChI is InChI=1S/C8H9NOS/c1-7(9-10)11-8-5-3-2-4-6-8/h2-6,10H,1H3/b9-7+. The maximum atomic E-state index is 8.36. The van der Waals surface area contributed by atoms with Gasteiger partial charge in [0, 0.05) is 4.90 Å². The molecule has 0 aliphatic rings. The molecule has 0 spiro atoms. The predicted molar refractivity (Wildman–Crippen MR) is 47.2 cm³/mol. The summed E-state index contributed by atoms with van der Waals surface area (Å²) in [5.74, 6) is 0. The van der Waals surface area contributed by atoms with Crippen LogP contribution < -0.4 is 0 Å². The molecule has 0 heterocycles. The zero-order valence-electron chi connectivity index (χ0n) is 6.19. The van der Waals surface area contributed by atoms with Crippen LogP contribution in [0.5, 0.6) is 0 Å². The first-order chi connectivity index (χ1) is 5.33. The van der Waals surface area contributed by atoms with Crippen molar-refractivity contribution in [2.75, 3.05) is 0 Å². The molecular weight excluding hydrogens is 158 g/mol. The molecule has 11 heavy (non-hydrogen) atoms. The fourth-order valence-electron chi connectivity index (χ4n) is 0.680. The molecule has 1 rings (SSSR count). The Hall–Kier alpha value is -0.960. The first-order valence-electron chi connectivity index (χ1n) is 3.24. The molecule has 0 radical (unpaired) electrons. The van der Waals surface area contributed by atoms with E-state index in [1.165, 1.54) is 11.8 Å². The van der Waals surface area contributed by atoms with E-state index in [2.05, 4.69) is 5.16 Å². The van der Waals surface area contributed by atoms with Gasteiger partial charge in [-0.1, -0.05) is 35.1 Å². The molecule has 0 saturated carbocycles. The lowest BCUT2D eigenvalue weighted by molar-refractivity contribution is 0.320. The lowest BCUT2D eigenvalue weighted by Gasteiger charge is -1.96. The molecule has 0 aliphatic carbocycles. The minimum atomic E-state index is 0.649. The number of hydrogen-bond acceptors (Lipinski definition) is 3. The molecule has 58 valence electrons. The maximum absolute atomic E-state index is 8.36. The van der Waals surface area contributed by atoms with Crippen LogP contribution >= 0.6 is 11.8 Å². The van der Waals surface area contributed by atoms with E-state index in [1.807, 2.05) is 30.3 Å². The van der Waals surface area contributed by atoms with Crippen LogP contribution in [0.1, 0.15) is 6.92 Å². The highest BCUT2D eigenvalue weighted by molar-refractivity contribution is 8.13. The van der Waals surface area contributed by atoms with Crippen molar-refractivity contribution in [1.82, 2.24) is 0 Å². The van der Waals surface area contributed by atoms with Gasteiger partial charge in [0.05, 0.1) is 0 Å². The van der Waals surface area contributed by atoms with Crippen molar-refractivity contribution in [3.63, 3.8) is 0 Å². The summed E-state index contributed by atoms with van der Waals surface area (Å²) in [7, 11) is 0. The monoisotopic (exact) mass is 167 g/mol. The summed E-state index contributed by atoms with van der Waals surface area (Å²) < 4.78 is 0. The molecule has 0 atom stereocenters. The van der Waals surface area contributed by atoms with Gasteiger partial charge in [0.2, 0.25) is 0 Å². The summed E-state index contributed by atoms with van der Waals surface area (Å²) in [6.45, 7) is 1.76. The van der Waals surface area contributed by atoms with Crippen molar-refractivity contribution in [2.24, 2.45) is 5.16 Å². The third-order valence-corrected chi connectivity index (χ3v) is 2.03. The van der Waals surface area contributed by atoms with Crippen molar-refractivity contribution in [2.45, 2.75) is 11.8 Å². The Balaban J connectivity index is 2.65. The van der Waals surface area contributed by atoms with E-state index in [0.717, 1.165) is 4.90 Å². The summed E-state index contributed by atoms with van der Waals surface area (Å²) in [6, 6.07) is 9.80. The number of thioether (sulfide) groups is 1. The van der Waals surface area contributed by atoms with Gasteiger partial charge in [0.25, 0.3) is 0 Å². The molecule has 2 nitrogen and oxygen atoms in total. The summed E-state index contributed by atoms with van der Waals surface area (Å²) in [6.07, 6.45) is 0. The van der Waals surface area contributed by atoms with Crippen LogP contribution in [-0.4, -0.2) is 10.3 Å². The summed E-state index contributed by atoms with van der Waals surface area (Å²) in [4.78, 5) is 1.09. The fourth-order valence-corrected chi connectivity index (χ4v) is 1.35. The van der Waals surface area contributed by atoms with E-state index in [4.69, 9.17) is 5.21 Å². The number of rotatable bonds is 1. The number of nitrogens with zero attached hydrogens (tertiary/aromatic N) is 1. The van der Waals surface area contributed by atoms with Gasteiger partial charge in [-0.25, -0.2) is 0 Å². The van der Waals surface area contributed by atoms with Gasteiger partial charge in [-0.3, -0.25) is 0 Å². The van der Waals surface area contributed by atoms with Crippen LogP contribution in [0.3, 0.4) is 0 Å². The summed E-state index contributed by atoms with van der Waals surface area (Å²) in [5.41, 5.74) is 0. The predicted octanol–water partition coefficient (Wildman–Crippen LogP) is 2.59. The van der Waals surface area contributed by atoms with Crippen molar-refractivity contribution >= 4 is 16.8 Å². The van der Waals surface area contributed by atoms with Gasteiger partial charge in [-0.15, -0.1) is 0 Å².